The van der Waals surface area contributed by atoms with Gasteiger partial charge in [-0.1, -0.05) is 0 Å². The summed E-state index contributed by atoms with van der Waals surface area (Å²) in [5.74, 6) is 0.409. The monoisotopic (exact) mass is 309 g/mol. The van der Waals surface area contributed by atoms with Gasteiger partial charge in [0.1, 0.15) is 4.88 Å². The highest BCUT2D eigenvalue weighted by Crippen LogP contribution is 2.52. The Bertz CT molecular complexity index is 554. The fraction of sp³-hybridized carbons (Fsp3) is 0.667. The molecular formula is C15H23N3O2S. The second-order valence-corrected chi connectivity index (χ2v) is 7.40. The van der Waals surface area contributed by atoms with E-state index in [0.717, 1.165) is 43.8 Å². The molecule has 0 unspecified atom stereocenters. The molecular weight excluding hydrogens is 286 g/mol. The average molecular weight is 309 g/mol. The summed E-state index contributed by atoms with van der Waals surface area (Å²) in [6.07, 6.45) is 3.83. The highest BCUT2D eigenvalue weighted by Gasteiger charge is 2.36. The zero-order valence-electron chi connectivity index (χ0n) is 12.6. The van der Waals surface area contributed by atoms with Crippen LogP contribution >= 0.6 is 11.3 Å². The number of thiophene rings is 1. The van der Waals surface area contributed by atoms with Gasteiger partial charge in [0.15, 0.2) is 0 Å². The molecule has 1 aromatic rings. The van der Waals surface area contributed by atoms with Crippen molar-refractivity contribution in [3.8, 4) is 0 Å². The first-order valence-electron chi connectivity index (χ1n) is 7.54. The maximum absolute atomic E-state index is 12.0. The number of hydrogen-bond acceptors (Lipinski definition) is 5. The molecule has 0 radical (unpaired) electrons. The van der Waals surface area contributed by atoms with Gasteiger partial charge in [-0.05, 0) is 38.5 Å². The molecule has 1 amide bonds. The first-order valence-corrected chi connectivity index (χ1v) is 8.36. The quantitative estimate of drug-likeness (QED) is 0.797. The molecule has 0 spiro atoms. The minimum Gasteiger partial charge on any atom is -0.397 e. The number of rotatable bonds is 3. The third-order valence-electron chi connectivity index (χ3n) is 4.51. The summed E-state index contributed by atoms with van der Waals surface area (Å²) in [5.41, 5.74) is 7.52. The summed E-state index contributed by atoms with van der Waals surface area (Å²) in [6.45, 7) is 3.53. The number of nitrogens with zero attached hydrogens (tertiary/aromatic N) is 1. The molecule has 21 heavy (non-hydrogen) atoms. The minimum atomic E-state index is -0.567. The Kier molecular flexibility index (Phi) is 3.61. The van der Waals surface area contributed by atoms with E-state index in [2.05, 4.69) is 10.2 Å². The molecule has 0 aromatic carbocycles. The van der Waals surface area contributed by atoms with Crippen molar-refractivity contribution in [2.45, 2.75) is 44.1 Å². The van der Waals surface area contributed by atoms with Crippen molar-refractivity contribution in [3.05, 3.63) is 10.4 Å². The van der Waals surface area contributed by atoms with E-state index >= 15 is 0 Å². The maximum atomic E-state index is 12.0. The van der Waals surface area contributed by atoms with Gasteiger partial charge in [0.25, 0.3) is 5.91 Å². The van der Waals surface area contributed by atoms with Crippen LogP contribution in [0.4, 0.5) is 10.7 Å². The molecule has 2 aliphatic rings. The smallest absolute Gasteiger partial charge is 0.263 e. The van der Waals surface area contributed by atoms with E-state index in [1.165, 1.54) is 16.9 Å². The number of carbonyl (C=O) groups excluding carboxylic acids is 1. The molecule has 4 N–H and O–H groups in total. The van der Waals surface area contributed by atoms with Crippen LogP contribution in [0.3, 0.4) is 0 Å². The van der Waals surface area contributed by atoms with Crippen LogP contribution in [0.15, 0.2) is 0 Å². The van der Waals surface area contributed by atoms with Crippen molar-refractivity contribution >= 4 is 27.9 Å². The number of hydrogen-bond donors (Lipinski definition) is 3. The zero-order chi connectivity index (χ0) is 15.2. The van der Waals surface area contributed by atoms with E-state index in [0.29, 0.717) is 16.5 Å². The number of aliphatic hydroxyl groups is 1. The fourth-order valence-corrected chi connectivity index (χ4v) is 4.23. The van der Waals surface area contributed by atoms with Crippen LogP contribution in [0.5, 0.6) is 0 Å². The Labute approximate surface area is 129 Å². The Morgan fingerprint density at radius 3 is 2.57 bits per heavy atom. The van der Waals surface area contributed by atoms with Crippen LogP contribution < -0.4 is 16.0 Å². The Morgan fingerprint density at radius 1 is 1.43 bits per heavy atom. The molecule has 1 aromatic heterocycles. The number of amides is 1. The van der Waals surface area contributed by atoms with Crippen molar-refractivity contribution in [2.75, 3.05) is 30.8 Å². The molecule has 1 saturated carbocycles. The summed E-state index contributed by atoms with van der Waals surface area (Å²) in [7, 11) is 1.63. The van der Waals surface area contributed by atoms with Crippen molar-refractivity contribution in [1.29, 1.82) is 0 Å². The number of nitrogen functional groups attached to an aromatic ring is 1. The molecule has 1 aliphatic carbocycles. The van der Waals surface area contributed by atoms with E-state index in [9.17, 15) is 9.90 Å². The van der Waals surface area contributed by atoms with E-state index in [4.69, 9.17) is 5.73 Å². The number of piperidine rings is 1. The Balaban J connectivity index is 1.92. The maximum Gasteiger partial charge on any atom is 0.263 e. The second kappa shape index (κ2) is 5.18. The predicted octanol–water partition coefficient (Wildman–Crippen LogP) is 1.92. The van der Waals surface area contributed by atoms with Crippen molar-refractivity contribution in [1.82, 2.24) is 5.32 Å². The summed E-state index contributed by atoms with van der Waals surface area (Å²) in [4.78, 5) is 14.9. The molecule has 1 saturated heterocycles. The number of nitrogens with one attached hydrogen (secondary N) is 1. The van der Waals surface area contributed by atoms with Crippen LogP contribution in [-0.2, 0) is 0 Å². The Morgan fingerprint density at radius 2 is 2.05 bits per heavy atom. The number of anilines is 2. The summed E-state index contributed by atoms with van der Waals surface area (Å²) in [6, 6.07) is 0. The molecule has 0 atom stereocenters. The Hall–Kier alpha value is -1.27. The van der Waals surface area contributed by atoms with E-state index in [1.807, 2.05) is 6.92 Å². The van der Waals surface area contributed by atoms with Gasteiger partial charge in [-0.25, -0.2) is 0 Å². The molecule has 2 heterocycles. The van der Waals surface area contributed by atoms with Gasteiger partial charge in [0.2, 0.25) is 0 Å². The minimum absolute atomic E-state index is 0.102. The highest BCUT2D eigenvalue weighted by molar-refractivity contribution is 7.18. The van der Waals surface area contributed by atoms with Crippen molar-refractivity contribution in [2.24, 2.45) is 0 Å². The first-order chi connectivity index (χ1) is 9.93. The number of nitrogens with two attached hydrogens (primary N) is 1. The molecule has 3 rings (SSSR count). The lowest BCUT2D eigenvalue weighted by molar-refractivity contribution is 0.0352. The molecule has 5 nitrogen and oxygen atoms in total. The lowest BCUT2D eigenvalue weighted by Crippen LogP contribution is -2.42. The highest BCUT2D eigenvalue weighted by atomic mass is 32.1. The van der Waals surface area contributed by atoms with Crippen molar-refractivity contribution < 1.29 is 9.90 Å². The van der Waals surface area contributed by atoms with Gasteiger partial charge in [-0.15, -0.1) is 11.3 Å². The molecule has 6 heteroatoms. The van der Waals surface area contributed by atoms with Crippen LogP contribution in [0, 0.1) is 0 Å². The second-order valence-electron chi connectivity index (χ2n) is 6.40. The topological polar surface area (TPSA) is 78.6 Å². The predicted molar refractivity (Wildman–Crippen MR) is 86.2 cm³/mol. The number of carbonyl (C=O) groups is 1. The van der Waals surface area contributed by atoms with E-state index < -0.39 is 5.60 Å². The van der Waals surface area contributed by atoms with Crippen LogP contribution in [0.25, 0.3) is 0 Å². The normalized spacial score (nSPS) is 21.4. The van der Waals surface area contributed by atoms with E-state index in [1.54, 1.807) is 7.05 Å². The average Bonchev–Trinajstić information content (AvgIpc) is 3.22. The van der Waals surface area contributed by atoms with Crippen LogP contribution in [-0.4, -0.2) is 36.8 Å². The van der Waals surface area contributed by atoms with Crippen LogP contribution in [0.1, 0.15) is 53.8 Å². The van der Waals surface area contributed by atoms with Crippen molar-refractivity contribution in [3.63, 3.8) is 0 Å². The summed E-state index contributed by atoms with van der Waals surface area (Å²) in [5, 5.41) is 13.9. The molecule has 0 bridgehead atoms. The zero-order valence-corrected chi connectivity index (χ0v) is 13.4. The van der Waals surface area contributed by atoms with Gasteiger partial charge in [-0.3, -0.25) is 4.79 Å². The molecule has 1 aliphatic heterocycles. The fourth-order valence-electron chi connectivity index (χ4n) is 2.92. The van der Waals surface area contributed by atoms with Gasteiger partial charge in [0.05, 0.1) is 16.3 Å². The molecule has 2 fully saturated rings. The lowest BCUT2D eigenvalue weighted by atomic mass is 9.94. The SMILES string of the molecule is CNC(=O)c1sc(N2CCC(C)(O)CC2)c(C2CC2)c1N. The van der Waals surface area contributed by atoms with Gasteiger partial charge in [0, 0.05) is 25.7 Å². The summed E-state index contributed by atoms with van der Waals surface area (Å²) < 4.78 is 0. The van der Waals surface area contributed by atoms with Gasteiger partial charge < -0.3 is 21.1 Å². The van der Waals surface area contributed by atoms with Gasteiger partial charge in [-0.2, -0.15) is 0 Å². The van der Waals surface area contributed by atoms with Gasteiger partial charge >= 0.3 is 0 Å². The molecule has 116 valence electrons. The summed E-state index contributed by atoms with van der Waals surface area (Å²) >= 11 is 1.50. The lowest BCUT2D eigenvalue weighted by Gasteiger charge is -2.37. The van der Waals surface area contributed by atoms with Crippen LogP contribution in [0.2, 0.25) is 0 Å². The largest absolute Gasteiger partial charge is 0.397 e. The first kappa shape index (κ1) is 14.7. The third-order valence-corrected chi connectivity index (χ3v) is 5.79. The standard InChI is InChI=1S/C15H23N3O2S/c1-15(20)5-7-18(8-6-15)14-10(9-3-4-9)11(16)12(21-14)13(19)17-2/h9,20H,3-8,16H2,1-2H3,(H,17,19). The third kappa shape index (κ3) is 2.74. The van der Waals surface area contributed by atoms with E-state index in [-0.39, 0.29) is 5.91 Å².